The Bertz CT molecular complexity index is 839. The Labute approximate surface area is 144 Å². The number of nitrogens with zero attached hydrogens (tertiary/aromatic N) is 2. The van der Waals surface area contributed by atoms with Crippen LogP contribution in [0.3, 0.4) is 0 Å². The molecule has 1 aliphatic heterocycles. The number of nitrogens with one attached hydrogen (secondary N) is 1. The summed E-state index contributed by atoms with van der Waals surface area (Å²) in [6.45, 7) is 0. The summed E-state index contributed by atoms with van der Waals surface area (Å²) in [5, 5.41) is 3.26. The van der Waals surface area contributed by atoms with Gasteiger partial charge in [-0.15, -0.1) is 11.8 Å². The second-order valence-corrected chi connectivity index (χ2v) is 6.26. The summed E-state index contributed by atoms with van der Waals surface area (Å²) in [6.07, 6.45) is 3.77. The maximum atomic E-state index is 12.8. The Morgan fingerprint density at radius 2 is 1.83 bits per heavy atom. The number of benzene rings is 1. The van der Waals surface area contributed by atoms with Crippen molar-refractivity contribution in [1.29, 1.82) is 0 Å². The van der Waals surface area contributed by atoms with E-state index in [1.807, 2.05) is 24.5 Å². The molecule has 6 nitrogen and oxygen atoms in total. The van der Waals surface area contributed by atoms with Crippen LogP contribution in [0.5, 0.6) is 11.5 Å². The average molecular weight is 345 g/mol. The summed E-state index contributed by atoms with van der Waals surface area (Å²) in [5.41, 5.74) is 2.02. The summed E-state index contributed by atoms with van der Waals surface area (Å²) in [6, 6.07) is 7.27. The van der Waals surface area contributed by atoms with E-state index in [0.29, 0.717) is 17.1 Å². The van der Waals surface area contributed by atoms with Crippen LogP contribution in [0, 0.1) is 0 Å². The molecular weight excluding hydrogens is 326 g/mol. The zero-order chi connectivity index (χ0) is 17.3. The number of thioether (sulfide) groups is 1. The van der Waals surface area contributed by atoms with Gasteiger partial charge in [0, 0.05) is 30.5 Å². The lowest BCUT2D eigenvalue weighted by Crippen LogP contribution is -2.28. The van der Waals surface area contributed by atoms with Crippen LogP contribution in [0.4, 0.5) is 5.82 Å². The number of anilines is 1. The Hall–Kier alpha value is -2.41. The van der Waals surface area contributed by atoms with E-state index < -0.39 is 0 Å². The summed E-state index contributed by atoms with van der Waals surface area (Å²) >= 11 is 1.58. The standard InChI is InChI=1S/C17H19N3O3S/c1-20-15-11(9-18-17(19-15)24-4)7-14(16(20)21)10-5-12(22-2)8-13(6-10)23-3/h5-9,17,19H,1-4H3. The molecule has 1 aliphatic rings. The lowest BCUT2D eigenvalue weighted by Gasteiger charge is -2.23. The molecule has 24 heavy (non-hydrogen) atoms. The lowest BCUT2D eigenvalue weighted by atomic mass is 10.0. The van der Waals surface area contributed by atoms with Crippen LogP contribution >= 0.6 is 11.8 Å². The van der Waals surface area contributed by atoms with Gasteiger partial charge in [-0.1, -0.05) is 0 Å². The smallest absolute Gasteiger partial charge is 0.259 e. The predicted molar refractivity (Wildman–Crippen MR) is 98.7 cm³/mol. The van der Waals surface area contributed by atoms with Gasteiger partial charge < -0.3 is 14.8 Å². The maximum Gasteiger partial charge on any atom is 0.259 e. The van der Waals surface area contributed by atoms with Crippen LogP contribution in [0.15, 0.2) is 34.1 Å². The Morgan fingerprint density at radius 1 is 1.17 bits per heavy atom. The molecule has 0 saturated heterocycles. The summed E-state index contributed by atoms with van der Waals surface area (Å²) in [5.74, 6) is 2.05. The van der Waals surface area contributed by atoms with Gasteiger partial charge in [0.05, 0.1) is 14.2 Å². The van der Waals surface area contributed by atoms with Crippen molar-refractivity contribution < 1.29 is 9.47 Å². The van der Waals surface area contributed by atoms with Gasteiger partial charge in [-0.2, -0.15) is 0 Å². The highest BCUT2D eigenvalue weighted by atomic mass is 32.2. The third kappa shape index (κ3) is 2.87. The van der Waals surface area contributed by atoms with Crippen LogP contribution in [-0.4, -0.2) is 36.8 Å². The third-order valence-corrected chi connectivity index (χ3v) is 4.62. The van der Waals surface area contributed by atoms with E-state index in [9.17, 15) is 4.79 Å². The average Bonchev–Trinajstić information content (AvgIpc) is 2.63. The Kier molecular flexibility index (Phi) is 4.53. The fraction of sp³-hybridized carbons (Fsp3) is 0.294. The van der Waals surface area contributed by atoms with Crippen molar-refractivity contribution in [2.45, 2.75) is 5.50 Å². The molecule has 2 heterocycles. The van der Waals surface area contributed by atoms with Crippen LogP contribution in [0.25, 0.3) is 11.1 Å². The first-order valence-corrected chi connectivity index (χ1v) is 8.66. The van der Waals surface area contributed by atoms with E-state index in [2.05, 4.69) is 10.3 Å². The largest absolute Gasteiger partial charge is 0.497 e. The molecule has 1 atom stereocenters. The van der Waals surface area contributed by atoms with Gasteiger partial charge in [0.25, 0.3) is 5.56 Å². The zero-order valence-corrected chi connectivity index (χ0v) is 14.8. The monoisotopic (exact) mass is 345 g/mol. The first-order valence-electron chi connectivity index (χ1n) is 7.37. The van der Waals surface area contributed by atoms with E-state index >= 15 is 0 Å². The molecule has 2 aromatic rings. The summed E-state index contributed by atoms with van der Waals surface area (Å²) in [4.78, 5) is 17.2. The highest BCUT2D eigenvalue weighted by Crippen LogP contribution is 2.30. The number of aliphatic imine (C=N–C) groups is 1. The quantitative estimate of drug-likeness (QED) is 0.923. The van der Waals surface area contributed by atoms with Crippen molar-refractivity contribution in [2.24, 2.45) is 12.0 Å². The van der Waals surface area contributed by atoms with Gasteiger partial charge in [0.2, 0.25) is 0 Å². The number of methoxy groups -OCH3 is 2. The molecule has 3 rings (SSSR count). The summed E-state index contributed by atoms with van der Waals surface area (Å²) < 4.78 is 12.2. The van der Waals surface area contributed by atoms with Crippen LogP contribution in [-0.2, 0) is 7.05 Å². The normalized spacial score (nSPS) is 15.6. The van der Waals surface area contributed by atoms with Crippen molar-refractivity contribution in [3.8, 4) is 22.6 Å². The first-order chi connectivity index (χ1) is 11.6. The van der Waals surface area contributed by atoms with E-state index in [1.54, 1.807) is 49.9 Å². The van der Waals surface area contributed by atoms with Gasteiger partial charge in [0.1, 0.15) is 17.3 Å². The third-order valence-electron chi connectivity index (χ3n) is 3.94. The van der Waals surface area contributed by atoms with Crippen LogP contribution in [0.1, 0.15) is 5.56 Å². The van der Waals surface area contributed by atoms with Gasteiger partial charge in [0.15, 0.2) is 5.50 Å². The number of rotatable bonds is 4. The van der Waals surface area contributed by atoms with Gasteiger partial charge in [-0.05, 0) is 30.0 Å². The zero-order valence-electron chi connectivity index (χ0n) is 14.0. The van der Waals surface area contributed by atoms with Crippen molar-refractivity contribution in [3.63, 3.8) is 0 Å². The van der Waals surface area contributed by atoms with E-state index in [-0.39, 0.29) is 11.1 Å². The molecule has 0 fully saturated rings. The van der Waals surface area contributed by atoms with Crippen molar-refractivity contribution in [2.75, 3.05) is 25.8 Å². The van der Waals surface area contributed by atoms with Crippen molar-refractivity contribution >= 4 is 23.8 Å². The maximum absolute atomic E-state index is 12.8. The molecule has 1 aromatic heterocycles. The molecule has 1 N–H and O–H groups in total. The topological polar surface area (TPSA) is 64.8 Å². The fourth-order valence-corrected chi connectivity index (χ4v) is 3.04. The molecule has 0 radical (unpaired) electrons. The van der Waals surface area contributed by atoms with E-state index in [0.717, 1.165) is 16.9 Å². The molecule has 126 valence electrons. The van der Waals surface area contributed by atoms with Crippen LogP contribution in [0.2, 0.25) is 0 Å². The number of pyridine rings is 1. The molecule has 1 unspecified atom stereocenters. The van der Waals surface area contributed by atoms with Gasteiger partial charge >= 0.3 is 0 Å². The second-order valence-electron chi connectivity index (χ2n) is 5.34. The van der Waals surface area contributed by atoms with Gasteiger partial charge in [-0.3, -0.25) is 14.4 Å². The Balaban J connectivity index is 2.17. The Morgan fingerprint density at radius 3 is 2.42 bits per heavy atom. The number of hydrogen-bond donors (Lipinski definition) is 1. The molecule has 0 spiro atoms. The first kappa shape index (κ1) is 16.4. The minimum absolute atomic E-state index is 0.0779. The number of ether oxygens (including phenoxy) is 2. The lowest BCUT2D eigenvalue weighted by molar-refractivity contribution is 0.394. The van der Waals surface area contributed by atoms with Crippen LogP contribution < -0.4 is 20.3 Å². The van der Waals surface area contributed by atoms with Crippen molar-refractivity contribution in [3.05, 3.63) is 40.2 Å². The highest BCUT2D eigenvalue weighted by molar-refractivity contribution is 7.99. The van der Waals surface area contributed by atoms with Gasteiger partial charge in [-0.25, -0.2) is 0 Å². The molecule has 1 aromatic carbocycles. The predicted octanol–water partition coefficient (Wildman–Crippen LogP) is 2.56. The molecule has 0 bridgehead atoms. The number of hydrogen-bond acceptors (Lipinski definition) is 6. The molecule has 0 amide bonds. The minimum Gasteiger partial charge on any atom is -0.497 e. The molecule has 0 saturated carbocycles. The SMILES string of the molecule is COc1cc(OC)cc(-c2cc3c(n(C)c2=O)NC(SC)N=C3)c1. The number of fused-ring (bicyclic) bond motifs is 1. The van der Waals surface area contributed by atoms with E-state index in [1.165, 1.54) is 0 Å². The van der Waals surface area contributed by atoms with Crippen molar-refractivity contribution in [1.82, 2.24) is 4.57 Å². The molecule has 0 aliphatic carbocycles. The highest BCUT2D eigenvalue weighted by Gasteiger charge is 2.19. The number of aromatic nitrogens is 1. The van der Waals surface area contributed by atoms with E-state index in [4.69, 9.17) is 9.47 Å². The summed E-state index contributed by atoms with van der Waals surface area (Å²) in [7, 11) is 4.93. The second kappa shape index (κ2) is 6.60. The molecule has 7 heteroatoms. The minimum atomic E-state index is -0.0910. The fourth-order valence-electron chi connectivity index (χ4n) is 2.63. The molecular formula is C17H19N3O3S.